The van der Waals surface area contributed by atoms with Gasteiger partial charge in [-0.15, -0.1) is 11.3 Å². The average molecular weight is 292 g/mol. The number of nitrogens with one attached hydrogen (secondary N) is 2. The molecule has 0 saturated heterocycles. The molecule has 1 aromatic heterocycles. The van der Waals surface area contributed by atoms with E-state index < -0.39 is 10.8 Å². The van der Waals surface area contributed by atoms with Crippen molar-refractivity contribution in [3.63, 3.8) is 0 Å². The fraction of sp³-hybridized carbons (Fsp3) is 0.0833. The summed E-state index contributed by atoms with van der Waals surface area (Å²) in [6.07, 6.45) is 0. The monoisotopic (exact) mass is 292 g/mol. The number of thiophene rings is 1. The molecule has 1 aromatic carbocycles. The molecular weight excluding hydrogens is 280 g/mol. The van der Waals surface area contributed by atoms with Crippen molar-refractivity contribution in [2.45, 2.75) is 6.54 Å². The van der Waals surface area contributed by atoms with Crippen LogP contribution in [0.5, 0.6) is 0 Å². The van der Waals surface area contributed by atoms with Crippen LogP contribution in [0.3, 0.4) is 0 Å². The topological polar surface area (TPSA) is 110 Å². The van der Waals surface area contributed by atoms with Crippen LogP contribution >= 0.6 is 11.3 Å². The number of nitrogens with zero attached hydrogens (tertiary/aromatic N) is 1. The maximum atomic E-state index is 12.1. The molecule has 0 aliphatic rings. The zero-order valence-electron chi connectivity index (χ0n) is 10.3. The maximum absolute atomic E-state index is 12.1. The fourth-order valence-electron chi connectivity index (χ4n) is 1.72. The number of anilines is 1. The van der Waals surface area contributed by atoms with E-state index in [4.69, 9.17) is 5.84 Å². The smallest absolute Gasteiger partial charge is 0.306 e. The second-order valence-corrected chi connectivity index (χ2v) is 4.90. The van der Waals surface area contributed by atoms with E-state index in [1.807, 2.05) is 17.5 Å². The summed E-state index contributed by atoms with van der Waals surface area (Å²) in [5.41, 5.74) is 1.96. The molecule has 20 heavy (non-hydrogen) atoms. The normalized spacial score (nSPS) is 10.1. The molecule has 8 heteroatoms. The van der Waals surface area contributed by atoms with Crippen molar-refractivity contribution in [1.29, 1.82) is 0 Å². The van der Waals surface area contributed by atoms with Gasteiger partial charge in [-0.3, -0.25) is 20.8 Å². The molecule has 2 rings (SSSR count). The van der Waals surface area contributed by atoms with E-state index in [1.165, 1.54) is 29.5 Å². The second kappa shape index (κ2) is 6.13. The minimum atomic E-state index is -0.630. The summed E-state index contributed by atoms with van der Waals surface area (Å²) in [5.74, 6) is 4.71. The van der Waals surface area contributed by atoms with Gasteiger partial charge in [-0.25, -0.2) is 0 Å². The molecule has 0 spiro atoms. The Hall–Kier alpha value is -2.45. The number of nitro benzene ring substituents is 1. The van der Waals surface area contributed by atoms with E-state index in [-0.39, 0.29) is 16.9 Å². The first-order chi connectivity index (χ1) is 9.63. The average Bonchev–Trinajstić information content (AvgIpc) is 2.96. The van der Waals surface area contributed by atoms with Gasteiger partial charge in [0.15, 0.2) is 0 Å². The summed E-state index contributed by atoms with van der Waals surface area (Å²) in [6, 6.07) is 8.10. The third-order valence-electron chi connectivity index (χ3n) is 2.62. The van der Waals surface area contributed by atoms with Crippen molar-refractivity contribution in [1.82, 2.24) is 5.32 Å². The van der Waals surface area contributed by atoms with Crippen LogP contribution in [-0.2, 0) is 6.54 Å². The number of hydrogen-bond donors (Lipinski definition) is 3. The van der Waals surface area contributed by atoms with Gasteiger partial charge in [0.1, 0.15) is 11.3 Å². The van der Waals surface area contributed by atoms with Gasteiger partial charge >= 0.3 is 5.69 Å². The van der Waals surface area contributed by atoms with Crippen molar-refractivity contribution in [3.05, 3.63) is 56.3 Å². The minimum Gasteiger partial charge on any atom is -0.347 e. The van der Waals surface area contributed by atoms with Crippen molar-refractivity contribution in [2.24, 2.45) is 5.84 Å². The van der Waals surface area contributed by atoms with Gasteiger partial charge in [0, 0.05) is 4.88 Å². The van der Waals surface area contributed by atoms with Crippen LogP contribution in [0.2, 0.25) is 0 Å². The predicted octanol–water partition coefficient (Wildman–Crippen LogP) is 1.87. The van der Waals surface area contributed by atoms with Gasteiger partial charge in [0.25, 0.3) is 5.91 Å². The molecule has 0 saturated carbocycles. The molecule has 4 N–H and O–H groups in total. The molecule has 2 aromatic rings. The Morgan fingerprint density at radius 2 is 2.15 bits per heavy atom. The molecule has 0 bridgehead atoms. The Balaban J connectivity index is 2.23. The lowest BCUT2D eigenvalue weighted by Crippen LogP contribution is -2.24. The highest BCUT2D eigenvalue weighted by atomic mass is 32.1. The first-order valence-corrected chi connectivity index (χ1v) is 6.56. The van der Waals surface area contributed by atoms with Gasteiger partial charge in [-0.1, -0.05) is 12.1 Å². The van der Waals surface area contributed by atoms with Crippen LogP contribution in [-0.4, -0.2) is 10.8 Å². The third kappa shape index (κ3) is 2.92. The summed E-state index contributed by atoms with van der Waals surface area (Å²) in [5, 5.41) is 15.6. The quantitative estimate of drug-likeness (QED) is 0.442. The van der Waals surface area contributed by atoms with Crippen molar-refractivity contribution >= 4 is 28.6 Å². The van der Waals surface area contributed by atoms with Crippen LogP contribution in [0, 0.1) is 10.1 Å². The number of hydrogen-bond acceptors (Lipinski definition) is 6. The SMILES string of the molecule is NNc1cccc(C(=O)NCc2cccs2)c1[N+](=O)[O-]. The minimum absolute atomic E-state index is 0.0259. The van der Waals surface area contributed by atoms with Gasteiger partial charge in [0.05, 0.1) is 11.5 Å². The van der Waals surface area contributed by atoms with Crippen LogP contribution < -0.4 is 16.6 Å². The summed E-state index contributed by atoms with van der Waals surface area (Å²) >= 11 is 1.50. The van der Waals surface area contributed by atoms with Crippen molar-refractivity contribution < 1.29 is 9.72 Å². The van der Waals surface area contributed by atoms with Gasteiger partial charge in [-0.2, -0.15) is 0 Å². The van der Waals surface area contributed by atoms with Crippen LogP contribution in [0.1, 0.15) is 15.2 Å². The van der Waals surface area contributed by atoms with E-state index in [9.17, 15) is 14.9 Å². The molecule has 1 heterocycles. The number of carbonyl (C=O) groups is 1. The highest BCUT2D eigenvalue weighted by molar-refractivity contribution is 7.09. The van der Waals surface area contributed by atoms with E-state index >= 15 is 0 Å². The molecule has 0 atom stereocenters. The highest BCUT2D eigenvalue weighted by Gasteiger charge is 2.23. The Morgan fingerprint density at radius 3 is 2.75 bits per heavy atom. The first kappa shape index (κ1) is 14.0. The number of nitrogens with two attached hydrogens (primary N) is 1. The van der Waals surface area contributed by atoms with Gasteiger partial charge in [-0.05, 0) is 23.6 Å². The second-order valence-electron chi connectivity index (χ2n) is 3.87. The lowest BCUT2D eigenvalue weighted by Gasteiger charge is -2.07. The number of nitrogen functional groups attached to an aromatic ring is 1. The van der Waals surface area contributed by atoms with E-state index in [0.29, 0.717) is 6.54 Å². The number of rotatable bonds is 5. The zero-order valence-corrected chi connectivity index (χ0v) is 11.1. The zero-order chi connectivity index (χ0) is 14.5. The molecule has 0 aliphatic carbocycles. The Kier molecular flexibility index (Phi) is 4.28. The Labute approximate surface area is 118 Å². The summed E-state index contributed by atoms with van der Waals surface area (Å²) in [6.45, 7) is 0.327. The summed E-state index contributed by atoms with van der Waals surface area (Å²) in [4.78, 5) is 23.5. The number of amides is 1. The molecule has 1 amide bonds. The Bertz CT molecular complexity index is 628. The van der Waals surface area contributed by atoms with E-state index in [0.717, 1.165) is 4.88 Å². The lowest BCUT2D eigenvalue weighted by molar-refractivity contribution is -0.384. The van der Waals surface area contributed by atoms with Crippen LogP contribution in [0.15, 0.2) is 35.7 Å². The number of carbonyl (C=O) groups excluding carboxylic acids is 1. The molecular formula is C12H12N4O3S. The number of hydrazine groups is 1. The number of nitro groups is 1. The standard InChI is InChI=1S/C12H12N4O3S/c13-15-10-5-1-4-9(11(10)16(18)19)12(17)14-7-8-3-2-6-20-8/h1-6,15H,7,13H2,(H,14,17). The summed E-state index contributed by atoms with van der Waals surface area (Å²) < 4.78 is 0. The highest BCUT2D eigenvalue weighted by Crippen LogP contribution is 2.27. The Morgan fingerprint density at radius 1 is 1.35 bits per heavy atom. The van der Waals surface area contributed by atoms with Crippen molar-refractivity contribution in [2.75, 3.05) is 5.43 Å². The van der Waals surface area contributed by atoms with E-state index in [2.05, 4.69) is 10.7 Å². The molecule has 104 valence electrons. The number of para-hydroxylation sites is 1. The predicted molar refractivity (Wildman–Crippen MR) is 76.4 cm³/mol. The molecule has 0 aliphatic heterocycles. The first-order valence-electron chi connectivity index (χ1n) is 5.68. The molecule has 0 fully saturated rings. The molecule has 7 nitrogen and oxygen atoms in total. The van der Waals surface area contributed by atoms with Crippen LogP contribution in [0.25, 0.3) is 0 Å². The van der Waals surface area contributed by atoms with E-state index in [1.54, 1.807) is 0 Å². The number of benzene rings is 1. The fourth-order valence-corrected chi connectivity index (χ4v) is 2.36. The largest absolute Gasteiger partial charge is 0.347 e. The lowest BCUT2D eigenvalue weighted by atomic mass is 10.1. The molecule has 0 radical (unpaired) electrons. The molecule has 0 unspecified atom stereocenters. The van der Waals surface area contributed by atoms with Gasteiger partial charge in [0.2, 0.25) is 0 Å². The third-order valence-corrected chi connectivity index (χ3v) is 3.50. The van der Waals surface area contributed by atoms with Crippen molar-refractivity contribution in [3.8, 4) is 0 Å². The summed E-state index contributed by atoms with van der Waals surface area (Å²) in [7, 11) is 0. The van der Waals surface area contributed by atoms with Gasteiger partial charge < -0.3 is 10.7 Å². The van der Waals surface area contributed by atoms with Crippen LogP contribution in [0.4, 0.5) is 11.4 Å². The maximum Gasteiger partial charge on any atom is 0.306 e.